The zero-order chi connectivity index (χ0) is 28.3. The fraction of sp³-hybridized carbons (Fsp3) is 0.444. The van der Waals surface area contributed by atoms with Crippen LogP contribution in [0, 0.1) is 5.92 Å². The van der Waals surface area contributed by atoms with Crippen molar-refractivity contribution in [2.45, 2.75) is 57.1 Å². The molecule has 1 amide bonds. The number of methoxy groups -OCH3 is 1. The third kappa shape index (κ3) is 10.9. The summed E-state index contributed by atoms with van der Waals surface area (Å²) in [5.74, 6) is -4.68. The first-order valence-corrected chi connectivity index (χ1v) is 12.1. The summed E-state index contributed by atoms with van der Waals surface area (Å²) in [5, 5.41) is 22.3. The minimum absolute atomic E-state index is 0. The smallest absolute Gasteiger partial charge is 0.542 e. The summed E-state index contributed by atoms with van der Waals surface area (Å²) >= 11 is 0. The number of rotatable bonds is 10. The number of halogens is 3. The number of carboxylic acids is 2. The van der Waals surface area contributed by atoms with Crippen LogP contribution in [0.2, 0.25) is 0 Å². The van der Waals surface area contributed by atoms with Gasteiger partial charge in [0.25, 0.3) is 0 Å². The van der Waals surface area contributed by atoms with Crippen LogP contribution in [0.1, 0.15) is 30.9 Å². The number of carbonyl (C=O) groups excluding carboxylic acids is 2. The Hall–Kier alpha value is -2.44. The topological polar surface area (TPSA) is 119 Å². The van der Waals surface area contributed by atoms with Gasteiger partial charge in [-0.15, -0.1) is 0 Å². The SMILES string of the molecule is CO[C@@H]([C@@H]1CCCN1)[C@@H](C)C(=O)N(Cc1ccccc1)[C@@H](Cc1ccccc1)C(=O)O.O=C([O-])C(F)(F)F.[Na+]. The van der Waals surface area contributed by atoms with E-state index in [1.807, 2.05) is 67.6 Å². The van der Waals surface area contributed by atoms with E-state index in [1.54, 1.807) is 7.11 Å². The molecule has 0 aromatic heterocycles. The first-order chi connectivity index (χ1) is 18.0. The number of aliphatic carboxylic acids is 2. The van der Waals surface area contributed by atoms with E-state index in [0.29, 0.717) is 0 Å². The van der Waals surface area contributed by atoms with Gasteiger partial charge in [0.05, 0.1) is 12.0 Å². The Morgan fingerprint density at radius 2 is 1.59 bits per heavy atom. The van der Waals surface area contributed by atoms with Crippen molar-refractivity contribution in [3.05, 3.63) is 71.8 Å². The zero-order valence-electron chi connectivity index (χ0n) is 22.2. The van der Waals surface area contributed by atoms with Crippen molar-refractivity contribution in [3.8, 4) is 0 Å². The van der Waals surface area contributed by atoms with Gasteiger partial charge in [0.1, 0.15) is 12.0 Å². The zero-order valence-corrected chi connectivity index (χ0v) is 24.2. The molecule has 208 valence electrons. The average Bonchev–Trinajstić information content (AvgIpc) is 3.41. The molecule has 1 aliphatic heterocycles. The van der Waals surface area contributed by atoms with Gasteiger partial charge in [-0.05, 0) is 30.5 Å². The normalized spacial score (nSPS) is 17.0. The third-order valence-corrected chi connectivity index (χ3v) is 6.29. The Morgan fingerprint density at radius 3 is 2.00 bits per heavy atom. The molecular formula is C27H32F3N2NaO6. The molecule has 0 radical (unpaired) electrons. The summed E-state index contributed by atoms with van der Waals surface area (Å²) in [6.07, 6.45) is -3.26. The number of carbonyl (C=O) groups is 3. The number of nitrogens with zero attached hydrogens (tertiary/aromatic N) is 1. The molecule has 1 aliphatic rings. The Kier molecular flexibility index (Phi) is 14.7. The van der Waals surface area contributed by atoms with Gasteiger partial charge < -0.3 is 30.0 Å². The van der Waals surface area contributed by atoms with Crippen LogP contribution in [0.3, 0.4) is 0 Å². The van der Waals surface area contributed by atoms with Crippen LogP contribution in [-0.4, -0.2) is 65.9 Å². The van der Waals surface area contributed by atoms with E-state index in [4.69, 9.17) is 14.6 Å². The van der Waals surface area contributed by atoms with Gasteiger partial charge >= 0.3 is 41.7 Å². The van der Waals surface area contributed by atoms with E-state index >= 15 is 0 Å². The molecule has 39 heavy (non-hydrogen) atoms. The molecule has 2 aromatic carbocycles. The molecule has 8 nitrogen and oxygen atoms in total. The summed E-state index contributed by atoms with van der Waals surface area (Å²) in [7, 11) is 1.62. The van der Waals surface area contributed by atoms with Crippen LogP contribution >= 0.6 is 0 Å². The summed E-state index contributed by atoms with van der Waals surface area (Å²) in [6, 6.07) is 18.1. The summed E-state index contributed by atoms with van der Waals surface area (Å²) in [5.41, 5.74) is 1.78. The van der Waals surface area contributed by atoms with Crippen molar-refractivity contribution in [2.75, 3.05) is 13.7 Å². The largest absolute Gasteiger partial charge is 1.00 e. The van der Waals surface area contributed by atoms with E-state index in [0.717, 1.165) is 30.5 Å². The molecule has 0 aliphatic carbocycles. The van der Waals surface area contributed by atoms with Gasteiger partial charge in [-0.25, -0.2) is 4.79 Å². The minimum atomic E-state index is -5.19. The standard InChI is InChI=1S/C25H32N2O4.C2HF3O2.Na/c1-18(23(31-2)21-14-9-15-26-21)24(28)27(17-20-12-7-4-8-13-20)22(25(29)30)16-19-10-5-3-6-11-19;3-2(4,5)1(6)7;/h3-8,10-13,18,21-23,26H,9,14-17H2,1-2H3,(H,29,30);(H,6,7);/q;;+1/p-1/t18-,21+,22+,23-;;/m1../s1. The fourth-order valence-electron chi connectivity index (χ4n) is 4.40. The molecule has 4 atom stereocenters. The molecule has 12 heteroatoms. The molecular weight excluding hydrogens is 528 g/mol. The van der Waals surface area contributed by atoms with Crippen molar-refractivity contribution in [1.82, 2.24) is 10.2 Å². The third-order valence-electron chi connectivity index (χ3n) is 6.29. The quantitative estimate of drug-likeness (QED) is 0.373. The fourth-order valence-corrected chi connectivity index (χ4v) is 4.40. The monoisotopic (exact) mass is 560 g/mol. The van der Waals surface area contributed by atoms with E-state index in [1.165, 1.54) is 4.90 Å². The number of ether oxygens (including phenoxy) is 1. The maximum atomic E-state index is 13.7. The average molecular weight is 561 g/mol. The maximum absolute atomic E-state index is 13.7. The van der Waals surface area contributed by atoms with Crippen LogP contribution < -0.4 is 40.0 Å². The van der Waals surface area contributed by atoms with Crippen molar-refractivity contribution >= 4 is 17.8 Å². The Labute approximate surface area is 247 Å². The van der Waals surface area contributed by atoms with Crippen molar-refractivity contribution in [1.29, 1.82) is 0 Å². The molecule has 0 saturated carbocycles. The van der Waals surface area contributed by atoms with Gasteiger partial charge in [-0.3, -0.25) is 4.79 Å². The van der Waals surface area contributed by atoms with Crippen molar-refractivity contribution in [3.63, 3.8) is 0 Å². The predicted molar refractivity (Wildman–Crippen MR) is 131 cm³/mol. The van der Waals surface area contributed by atoms with E-state index < -0.39 is 30.1 Å². The molecule has 2 N–H and O–H groups in total. The van der Waals surface area contributed by atoms with Crippen LogP contribution in [0.25, 0.3) is 0 Å². The Balaban J connectivity index is 0.000000841. The summed E-state index contributed by atoms with van der Waals surface area (Å²) < 4.78 is 37.3. The van der Waals surface area contributed by atoms with Crippen LogP contribution in [0.4, 0.5) is 13.2 Å². The maximum Gasteiger partial charge on any atom is 1.00 e. The number of nitrogens with one attached hydrogen (secondary N) is 1. The van der Waals surface area contributed by atoms with Crippen molar-refractivity contribution < 1.29 is 72.1 Å². The molecule has 0 bridgehead atoms. The number of benzene rings is 2. The molecule has 3 rings (SSSR count). The van der Waals surface area contributed by atoms with E-state index in [-0.39, 0.29) is 60.6 Å². The second-order valence-corrected chi connectivity index (χ2v) is 8.97. The number of amides is 1. The first-order valence-electron chi connectivity index (χ1n) is 12.1. The van der Waals surface area contributed by atoms with Gasteiger partial charge in [-0.2, -0.15) is 13.2 Å². The van der Waals surface area contributed by atoms with E-state index in [9.17, 15) is 27.9 Å². The number of hydrogen-bond donors (Lipinski definition) is 2. The second kappa shape index (κ2) is 16.6. The second-order valence-electron chi connectivity index (χ2n) is 8.97. The Morgan fingerprint density at radius 1 is 1.08 bits per heavy atom. The molecule has 1 heterocycles. The van der Waals surface area contributed by atoms with Gasteiger partial charge in [-0.1, -0.05) is 67.6 Å². The van der Waals surface area contributed by atoms with Crippen LogP contribution in [-0.2, 0) is 32.1 Å². The molecule has 1 saturated heterocycles. The molecule has 0 spiro atoms. The van der Waals surface area contributed by atoms with Gasteiger partial charge in [0.2, 0.25) is 5.91 Å². The van der Waals surface area contributed by atoms with Crippen LogP contribution in [0.15, 0.2) is 60.7 Å². The Bertz CT molecular complexity index is 1040. The minimum Gasteiger partial charge on any atom is -0.542 e. The number of hydrogen-bond acceptors (Lipinski definition) is 6. The van der Waals surface area contributed by atoms with Crippen LogP contribution in [0.5, 0.6) is 0 Å². The molecule has 0 unspecified atom stereocenters. The summed E-state index contributed by atoms with van der Waals surface area (Å²) in [4.78, 5) is 36.3. The number of alkyl halides is 3. The predicted octanol–water partition coefficient (Wildman–Crippen LogP) is -0.583. The van der Waals surface area contributed by atoms with E-state index in [2.05, 4.69) is 5.32 Å². The molecule has 2 aromatic rings. The van der Waals surface area contributed by atoms with Gasteiger partial charge in [0, 0.05) is 26.1 Å². The number of carboxylic acid groups (broad SMARTS) is 2. The van der Waals surface area contributed by atoms with Crippen molar-refractivity contribution in [2.24, 2.45) is 5.92 Å². The molecule has 1 fully saturated rings. The first kappa shape index (κ1) is 34.6. The summed E-state index contributed by atoms with van der Waals surface area (Å²) in [6.45, 7) is 2.99. The van der Waals surface area contributed by atoms with Gasteiger partial charge in [0.15, 0.2) is 0 Å².